The third-order valence-electron chi connectivity index (χ3n) is 6.67. The van der Waals surface area contributed by atoms with Gasteiger partial charge in [0.25, 0.3) is 10.0 Å². The molecule has 144 valence electrons. The molecule has 0 spiro atoms. The molecule has 4 aliphatic rings. The molecular weight excluding hydrogens is 368 g/mol. The number of hydrogen-bond acceptors (Lipinski definition) is 4. The summed E-state index contributed by atoms with van der Waals surface area (Å²) in [5.74, 6) is 2.54. The van der Waals surface area contributed by atoms with Gasteiger partial charge in [0.15, 0.2) is 0 Å². The second kappa shape index (κ2) is 6.91. The van der Waals surface area contributed by atoms with Gasteiger partial charge in [0.05, 0.1) is 6.54 Å². The van der Waals surface area contributed by atoms with E-state index in [9.17, 15) is 13.2 Å². The Hall–Kier alpha value is -0.920. The Kier molecular flexibility index (Phi) is 4.90. The van der Waals surface area contributed by atoms with E-state index < -0.39 is 10.0 Å². The van der Waals surface area contributed by atoms with Crippen molar-refractivity contribution in [1.29, 1.82) is 0 Å². The van der Waals surface area contributed by atoms with E-state index >= 15 is 0 Å². The van der Waals surface area contributed by atoms with E-state index in [0.717, 1.165) is 28.5 Å². The standard InChI is InChI=1S/C19H28N2O3S2/c1-21(26(23,24)18-3-2-6-25-18)13-17(22)20-5-4-19-10-14-7-15(11-19)9-16(8-14)12-19/h2-3,6,14-16H,4-5,7-13H2,1H3,(H,20,22). The molecule has 0 unspecified atom stereocenters. The number of carbonyl (C=O) groups is 1. The molecule has 0 atom stereocenters. The zero-order valence-electron chi connectivity index (χ0n) is 15.3. The van der Waals surface area contributed by atoms with Crippen LogP contribution < -0.4 is 5.32 Å². The van der Waals surface area contributed by atoms with Crippen LogP contribution in [0.15, 0.2) is 21.7 Å². The van der Waals surface area contributed by atoms with E-state index in [-0.39, 0.29) is 16.7 Å². The molecule has 4 bridgehead atoms. The van der Waals surface area contributed by atoms with Crippen LogP contribution in [0.5, 0.6) is 0 Å². The Morgan fingerprint density at radius 1 is 1.23 bits per heavy atom. The van der Waals surface area contributed by atoms with Gasteiger partial charge in [-0.2, -0.15) is 4.31 Å². The number of hydrogen-bond donors (Lipinski definition) is 1. The minimum Gasteiger partial charge on any atom is -0.355 e. The first-order valence-electron chi connectivity index (χ1n) is 9.63. The monoisotopic (exact) mass is 396 g/mol. The molecule has 0 radical (unpaired) electrons. The molecule has 4 fully saturated rings. The SMILES string of the molecule is CN(CC(=O)NCCC12CC3CC(CC(C3)C1)C2)S(=O)(=O)c1cccs1. The summed E-state index contributed by atoms with van der Waals surface area (Å²) in [6.45, 7) is 0.541. The summed E-state index contributed by atoms with van der Waals surface area (Å²) < 4.78 is 26.2. The second-order valence-corrected chi connectivity index (χ2v) is 11.9. The summed E-state index contributed by atoms with van der Waals surface area (Å²) >= 11 is 1.17. The molecule has 0 aromatic carbocycles. The number of nitrogens with one attached hydrogen (secondary N) is 1. The predicted octanol–water partition coefficient (Wildman–Crippen LogP) is 3.09. The lowest BCUT2D eigenvalue weighted by Gasteiger charge is -2.57. The minimum absolute atomic E-state index is 0.124. The zero-order chi connectivity index (χ0) is 18.4. The lowest BCUT2D eigenvalue weighted by molar-refractivity contribution is -0.121. The number of amides is 1. The summed E-state index contributed by atoms with van der Waals surface area (Å²) in [5.41, 5.74) is 0.441. The van der Waals surface area contributed by atoms with Crippen molar-refractivity contribution in [1.82, 2.24) is 9.62 Å². The number of rotatable bonds is 7. The topological polar surface area (TPSA) is 66.5 Å². The molecule has 1 N–H and O–H groups in total. The highest BCUT2D eigenvalue weighted by Crippen LogP contribution is 2.61. The van der Waals surface area contributed by atoms with Crippen molar-refractivity contribution in [2.24, 2.45) is 23.2 Å². The van der Waals surface area contributed by atoms with Crippen molar-refractivity contribution in [3.8, 4) is 0 Å². The minimum atomic E-state index is -3.56. The van der Waals surface area contributed by atoms with Gasteiger partial charge >= 0.3 is 0 Å². The first-order valence-corrected chi connectivity index (χ1v) is 11.9. The maximum atomic E-state index is 12.4. The molecule has 5 nitrogen and oxygen atoms in total. The summed E-state index contributed by atoms with van der Waals surface area (Å²) in [6.07, 6.45) is 9.33. The summed E-state index contributed by atoms with van der Waals surface area (Å²) in [6, 6.07) is 3.28. The first-order chi connectivity index (χ1) is 12.4. The van der Waals surface area contributed by atoms with E-state index in [1.165, 1.54) is 56.9 Å². The van der Waals surface area contributed by atoms with Gasteiger partial charge in [0, 0.05) is 13.6 Å². The summed E-state index contributed by atoms with van der Waals surface area (Å²) in [7, 11) is -2.10. The van der Waals surface area contributed by atoms with Gasteiger partial charge in [-0.3, -0.25) is 4.79 Å². The molecule has 4 aliphatic carbocycles. The molecular formula is C19H28N2O3S2. The molecule has 1 heterocycles. The van der Waals surface area contributed by atoms with Crippen LogP contribution in [0.1, 0.15) is 44.9 Å². The van der Waals surface area contributed by atoms with Crippen molar-refractivity contribution in [3.63, 3.8) is 0 Å². The van der Waals surface area contributed by atoms with Crippen LogP contribution in [-0.4, -0.2) is 38.8 Å². The predicted molar refractivity (Wildman–Crippen MR) is 102 cm³/mol. The van der Waals surface area contributed by atoms with E-state index in [0.29, 0.717) is 12.0 Å². The fourth-order valence-corrected chi connectivity index (χ4v) is 8.30. The Morgan fingerprint density at radius 2 is 1.85 bits per heavy atom. The molecule has 5 rings (SSSR count). The van der Waals surface area contributed by atoms with Gasteiger partial charge < -0.3 is 5.32 Å². The van der Waals surface area contributed by atoms with Crippen molar-refractivity contribution >= 4 is 27.3 Å². The van der Waals surface area contributed by atoms with Crippen molar-refractivity contribution in [2.75, 3.05) is 20.1 Å². The van der Waals surface area contributed by atoms with E-state index in [2.05, 4.69) is 5.32 Å². The average molecular weight is 397 g/mol. The first kappa shape index (κ1) is 18.4. The van der Waals surface area contributed by atoms with Crippen LogP contribution in [0.25, 0.3) is 0 Å². The van der Waals surface area contributed by atoms with Crippen LogP contribution >= 0.6 is 11.3 Å². The van der Waals surface area contributed by atoms with Crippen LogP contribution in [0, 0.1) is 23.2 Å². The Morgan fingerprint density at radius 3 is 2.38 bits per heavy atom. The molecule has 7 heteroatoms. The normalized spacial score (nSPS) is 32.9. The third kappa shape index (κ3) is 3.58. The number of nitrogens with zero attached hydrogens (tertiary/aromatic N) is 1. The third-order valence-corrected chi connectivity index (χ3v) is 9.84. The molecule has 4 saturated carbocycles. The molecule has 1 amide bonds. The molecule has 1 aromatic heterocycles. The van der Waals surface area contributed by atoms with Gasteiger partial charge in [-0.25, -0.2) is 8.42 Å². The summed E-state index contributed by atoms with van der Waals surface area (Å²) in [5, 5.41) is 4.69. The van der Waals surface area contributed by atoms with Crippen LogP contribution in [0.2, 0.25) is 0 Å². The fourth-order valence-electron chi connectivity index (χ4n) is 5.97. The molecule has 1 aromatic rings. The van der Waals surface area contributed by atoms with Gasteiger partial charge in [0.1, 0.15) is 4.21 Å². The Bertz CT molecular complexity index is 722. The number of thiophene rings is 1. The van der Waals surface area contributed by atoms with Gasteiger partial charge in [-0.05, 0) is 79.6 Å². The lowest BCUT2D eigenvalue weighted by atomic mass is 9.49. The number of likely N-dealkylation sites (N-methyl/N-ethyl adjacent to an activating group) is 1. The highest BCUT2D eigenvalue weighted by Gasteiger charge is 2.50. The smallest absolute Gasteiger partial charge is 0.252 e. The zero-order valence-corrected chi connectivity index (χ0v) is 16.9. The maximum Gasteiger partial charge on any atom is 0.252 e. The largest absolute Gasteiger partial charge is 0.355 e. The molecule has 0 saturated heterocycles. The van der Waals surface area contributed by atoms with Crippen molar-refractivity contribution in [3.05, 3.63) is 17.5 Å². The van der Waals surface area contributed by atoms with Gasteiger partial charge in [-0.1, -0.05) is 6.07 Å². The highest BCUT2D eigenvalue weighted by atomic mass is 32.2. The Labute approximate surface area is 160 Å². The van der Waals surface area contributed by atoms with Crippen molar-refractivity contribution < 1.29 is 13.2 Å². The number of carbonyl (C=O) groups excluding carboxylic acids is 1. The highest BCUT2D eigenvalue weighted by molar-refractivity contribution is 7.91. The quantitative estimate of drug-likeness (QED) is 0.770. The maximum absolute atomic E-state index is 12.4. The van der Waals surface area contributed by atoms with Crippen molar-refractivity contribution in [2.45, 2.75) is 49.2 Å². The van der Waals surface area contributed by atoms with Crippen LogP contribution in [0.3, 0.4) is 0 Å². The van der Waals surface area contributed by atoms with Gasteiger partial charge in [0.2, 0.25) is 5.91 Å². The van der Waals surface area contributed by atoms with Crippen LogP contribution in [-0.2, 0) is 14.8 Å². The van der Waals surface area contributed by atoms with E-state index in [1.54, 1.807) is 17.5 Å². The fraction of sp³-hybridized carbons (Fsp3) is 0.737. The van der Waals surface area contributed by atoms with Crippen LogP contribution in [0.4, 0.5) is 0 Å². The average Bonchev–Trinajstić information content (AvgIpc) is 3.08. The lowest BCUT2D eigenvalue weighted by Crippen LogP contribution is -2.47. The second-order valence-electron chi connectivity index (χ2n) is 8.71. The molecule has 0 aliphatic heterocycles. The van der Waals surface area contributed by atoms with E-state index in [4.69, 9.17) is 0 Å². The molecule has 26 heavy (non-hydrogen) atoms. The Balaban J connectivity index is 1.27. The van der Waals surface area contributed by atoms with E-state index in [1.807, 2.05) is 0 Å². The summed E-state index contributed by atoms with van der Waals surface area (Å²) in [4.78, 5) is 12.2. The number of sulfonamides is 1. The van der Waals surface area contributed by atoms with Gasteiger partial charge in [-0.15, -0.1) is 11.3 Å².